The molecule has 1 amide bonds. The second-order valence-corrected chi connectivity index (χ2v) is 10.2. The molecule has 0 aliphatic carbocycles. The van der Waals surface area contributed by atoms with E-state index < -0.39 is 17.4 Å². The predicted octanol–water partition coefficient (Wildman–Crippen LogP) is 5.70. The first kappa shape index (κ1) is 25.1. The second kappa shape index (κ2) is 11.6. The summed E-state index contributed by atoms with van der Waals surface area (Å²) in [6, 6.07) is 9.92. The van der Waals surface area contributed by atoms with Crippen molar-refractivity contribution in [2.24, 2.45) is 5.92 Å². The van der Waals surface area contributed by atoms with Gasteiger partial charge in [-0.3, -0.25) is 4.21 Å². The van der Waals surface area contributed by atoms with E-state index in [1.807, 2.05) is 50.4 Å². The normalized spacial score (nSPS) is 12.2. The highest BCUT2D eigenvalue weighted by Crippen LogP contribution is 2.41. The van der Waals surface area contributed by atoms with Gasteiger partial charge in [-0.1, -0.05) is 51.5 Å². The molecule has 0 saturated heterocycles. The molecule has 0 N–H and O–H groups in total. The van der Waals surface area contributed by atoms with E-state index in [9.17, 15) is 13.6 Å². The van der Waals surface area contributed by atoms with Crippen LogP contribution in [0.25, 0.3) is 11.1 Å². The van der Waals surface area contributed by atoms with Crippen molar-refractivity contribution in [3.05, 3.63) is 59.0 Å². The van der Waals surface area contributed by atoms with Crippen LogP contribution < -0.4 is 4.31 Å². The lowest BCUT2D eigenvalue weighted by molar-refractivity contribution is 0.156. The highest BCUT2D eigenvalue weighted by molar-refractivity contribution is 7.81. The molecule has 7 nitrogen and oxygen atoms in total. The van der Waals surface area contributed by atoms with E-state index >= 15 is 0 Å². The summed E-state index contributed by atoms with van der Waals surface area (Å²) in [5, 5.41) is 0.360. The molecule has 3 rings (SSSR count). The molecule has 2 aromatic heterocycles. The number of anilines is 1. The molecule has 0 bridgehead atoms. The van der Waals surface area contributed by atoms with Gasteiger partial charge in [-0.25, -0.2) is 9.78 Å². The van der Waals surface area contributed by atoms with Gasteiger partial charge < -0.3 is 13.9 Å². The summed E-state index contributed by atoms with van der Waals surface area (Å²) in [5.41, 5.74) is 2.65. The number of carbonyl (C=O) groups is 1. The number of amides is 1. The zero-order valence-corrected chi connectivity index (χ0v) is 21.1. The highest BCUT2D eigenvalue weighted by atomic mass is 32.2. The molecular weight excluding hydrogens is 458 g/mol. The zero-order valence-electron chi connectivity index (χ0n) is 19.4. The Hall–Kier alpha value is -2.49. The van der Waals surface area contributed by atoms with Crippen molar-refractivity contribution in [2.75, 3.05) is 10.9 Å². The standard InChI is InChI=1S/C24H31N3O4S2/c1-5-6-13-31-24(28)27(33(29)30)23-22(15-21(32-23)14-17(2)3)20-9-7-19(8-10-20)16-26-12-11-25-18(26)4/h7-12,15,17H,5-6,13-14,16H2,1-4H3,(H,29,30)/p-1. The van der Waals surface area contributed by atoms with Crippen LogP contribution in [-0.2, 0) is 29.0 Å². The van der Waals surface area contributed by atoms with Gasteiger partial charge in [0, 0.05) is 29.4 Å². The van der Waals surface area contributed by atoms with Crippen LogP contribution in [0.2, 0.25) is 0 Å². The number of unbranched alkanes of at least 4 members (excludes halogenated alkanes) is 1. The third kappa shape index (κ3) is 6.52. The summed E-state index contributed by atoms with van der Waals surface area (Å²) in [5.74, 6) is 1.33. The van der Waals surface area contributed by atoms with Gasteiger partial charge >= 0.3 is 6.09 Å². The van der Waals surface area contributed by atoms with Crippen molar-refractivity contribution >= 4 is 33.7 Å². The number of aryl methyl sites for hydroxylation is 1. The van der Waals surface area contributed by atoms with E-state index in [-0.39, 0.29) is 6.61 Å². The average Bonchev–Trinajstić information content (AvgIpc) is 3.34. The average molecular weight is 489 g/mol. The van der Waals surface area contributed by atoms with E-state index in [2.05, 4.69) is 23.4 Å². The van der Waals surface area contributed by atoms with Crippen molar-refractivity contribution in [1.82, 2.24) is 9.55 Å². The van der Waals surface area contributed by atoms with E-state index in [0.29, 0.717) is 29.4 Å². The SMILES string of the molecule is CCCCOC(=O)N(c1sc(CC(C)C)cc1-c1ccc(Cn2ccnc2C)cc1)S(=O)[O-]. The summed E-state index contributed by atoms with van der Waals surface area (Å²) < 4.78 is 32.2. The molecule has 0 aliphatic rings. The topological polar surface area (TPSA) is 87.5 Å². The van der Waals surface area contributed by atoms with Crippen LogP contribution in [0.15, 0.2) is 42.7 Å². The van der Waals surface area contributed by atoms with E-state index in [4.69, 9.17) is 4.74 Å². The molecule has 0 saturated carbocycles. The molecule has 3 aromatic rings. The summed E-state index contributed by atoms with van der Waals surface area (Å²) in [7, 11) is 0. The highest BCUT2D eigenvalue weighted by Gasteiger charge is 2.25. The maximum atomic E-state index is 12.6. The molecule has 0 spiro atoms. The van der Waals surface area contributed by atoms with Gasteiger partial charge in [-0.05, 0) is 42.9 Å². The molecule has 0 radical (unpaired) electrons. The minimum absolute atomic E-state index is 0.185. The number of ether oxygens (including phenoxy) is 1. The fourth-order valence-electron chi connectivity index (χ4n) is 3.42. The number of hydrogen-bond acceptors (Lipinski definition) is 6. The molecule has 0 fully saturated rings. The third-order valence-electron chi connectivity index (χ3n) is 5.14. The van der Waals surface area contributed by atoms with E-state index in [1.54, 1.807) is 6.20 Å². The molecule has 1 aromatic carbocycles. The van der Waals surface area contributed by atoms with Crippen molar-refractivity contribution in [1.29, 1.82) is 0 Å². The number of hydrogen-bond donors (Lipinski definition) is 0. The monoisotopic (exact) mass is 488 g/mol. The van der Waals surface area contributed by atoms with E-state index in [0.717, 1.165) is 39.0 Å². The minimum Gasteiger partial charge on any atom is -0.755 e. The zero-order chi connectivity index (χ0) is 24.0. The lowest BCUT2D eigenvalue weighted by Gasteiger charge is -2.23. The quantitative estimate of drug-likeness (QED) is 0.270. The number of thiophene rings is 1. The molecule has 1 unspecified atom stereocenters. The molecule has 178 valence electrons. The Balaban J connectivity index is 1.94. The van der Waals surface area contributed by atoms with Crippen LogP contribution in [0.4, 0.5) is 9.80 Å². The maximum Gasteiger partial charge on any atom is 0.426 e. The smallest absolute Gasteiger partial charge is 0.426 e. The van der Waals surface area contributed by atoms with Crippen LogP contribution in [0.5, 0.6) is 0 Å². The summed E-state index contributed by atoms with van der Waals surface area (Å²) >= 11 is -1.48. The first-order chi connectivity index (χ1) is 15.8. The van der Waals surface area contributed by atoms with Crippen molar-refractivity contribution < 1.29 is 18.3 Å². The van der Waals surface area contributed by atoms with Gasteiger partial charge in [0.15, 0.2) is 0 Å². The molecule has 9 heteroatoms. The molecule has 2 heterocycles. The molecule has 1 atom stereocenters. The van der Waals surface area contributed by atoms with Gasteiger partial charge in [0.1, 0.15) is 10.8 Å². The van der Waals surface area contributed by atoms with Crippen LogP contribution in [0, 0.1) is 12.8 Å². The van der Waals surface area contributed by atoms with Gasteiger partial charge in [-0.15, -0.1) is 11.3 Å². The van der Waals surface area contributed by atoms with E-state index in [1.165, 1.54) is 11.3 Å². The first-order valence-electron chi connectivity index (χ1n) is 11.1. The Morgan fingerprint density at radius 1 is 1.30 bits per heavy atom. The second-order valence-electron chi connectivity index (χ2n) is 8.31. The molecule has 0 aliphatic heterocycles. The fourth-order valence-corrected chi connectivity index (χ4v) is 5.41. The number of imidazole rings is 1. The molecular formula is C24H30N3O4S2-. The Morgan fingerprint density at radius 3 is 2.61 bits per heavy atom. The van der Waals surface area contributed by atoms with Crippen molar-refractivity contribution in [3.8, 4) is 11.1 Å². The largest absolute Gasteiger partial charge is 0.755 e. The molecule has 33 heavy (non-hydrogen) atoms. The number of aromatic nitrogens is 2. The lowest BCUT2D eigenvalue weighted by Crippen LogP contribution is -2.33. The lowest BCUT2D eigenvalue weighted by atomic mass is 10.0. The first-order valence-corrected chi connectivity index (χ1v) is 12.9. The Morgan fingerprint density at radius 2 is 2.03 bits per heavy atom. The Labute approximate surface area is 201 Å². The number of carbonyl (C=O) groups excluding carboxylic acids is 1. The third-order valence-corrected chi connectivity index (χ3v) is 7.03. The van der Waals surface area contributed by atoms with Crippen LogP contribution in [0.3, 0.4) is 0 Å². The number of benzene rings is 1. The van der Waals surface area contributed by atoms with Gasteiger partial charge in [0.05, 0.1) is 17.9 Å². The van der Waals surface area contributed by atoms with Crippen molar-refractivity contribution in [3.63, 3.8) is 0 Å². The van der Waals surface area contributed by atoms with Gasteiger partial charge in [0.2, 0.25) is 0 Å². The maximum absolute atomic E-state index is 12.6. The van der Waals surface area contributed by atoms with Gasteiger partial charge in [0.25, 0.3) is 0 Å². The Kier molecular flexibility index (Phi) is 8.82. The minimum atomic E-state index is -2.79. The summed E-state index contributed by atoms with van der Waals surface area (Å²) in [4.78, 5) is 17.9. The summed E-state index contributed by atoms with van der Waals surface area (Å²) in [6.45, 7) is 9.03. The van der Waals surface area contributed by atoms with Crippen LogP contribution in [-0.4, -0.2) is 31.0 Å². The van der Waals surface area contributed by atoms with Crippen LogP contribution in [0.1, 0.15) is 49.9 Å². The van der Waals surface area contributed by atoms with Crippen molar-refractivity contribution in [2.45, 2.75) is 53.5 Å². The predicted molar refractivity (Wildman–Crippen MR) is 132 cm³/mol. The summed E-state index contributed by atoms with van der Waals surface area (Å²) in [6.07, 6.45) is 5.15. The fraction of sp³-hybridized carbons (Fsp3) is 0.417. The Bertz CT molecular complexity index is 1090. The van der Waals surface area contributed by atoms with Gasteiger partial charge in [-0.2, -0.15) is 4.31 Å². The van der Waals surface area contributed by atoms with Crippen LogP contribution >= 0.6 is 11.3 Å². The number of nitrogens with zero attached hydrogens (tertiary/aromatic N) is 3. The number of rotatable bonds is 10.